The standard InChI is InChI=1S/2C8H13NO4/c1-5(10)7(9-6(2)11)3-4-8(12)13;1-5(10)3-4-7(8(12)13)9-6(2)11/h2*7H,3-4H2,1-2H3,(H,9,11)(H,12,13). The Bertz CT molecular complexity index is 496. The van der Waals surface area contributed by atoms with Gasteiger partial charge in [0.2, 0.25) is 11.8 Å². The topological polar surface area (TPSA) is 167 Å². The first-order valence-corrected chi connectivity index (χ1v) is 7.85. The van der Waals surface area contributed by atoms with Gasteiger partial charge in [-0.25, -0.2) is 4.79 Å². The Hall–Kier alpha value is -2.78. The highest BCUT2D eigenvalue weighted by Crippen LogP contribution is 1.99. The molecule has 0 spiro atoms. The number of amides is 2. The minimum absolute atomic E-state index is 0.0865. The van der Waals surface area contributed by atoms with Crippen molar-refractivity contribution in [1.82, 2.24) is 10.6 Å². The van der Waals surface area contributed by atoms with Crippen LogP contribution < -0.4 is 10.6 Å². The molecule has 0 aromatic carbocycles. The van der Waals surface area contributed by atoms with Crippen molar-refractivity contribution in [3.63, 3.8) is 0 Å². The summed E-state index contributed by atoms with van der Waals surface area (Å²) in [5.74, 6) is -3.14. The summed E-state index contributed by atoms with van der Waals surface area (Å²) >= 11 is 0. The van der Waals surface area contributed by atoms with E-state index < -0.39 is 29.9 Å². The van der Waals surface area contributed by atoms with E-state index in [0.717, 1.165) is 0 Å². The van der Waals surface area contributed by atoms with E-state index in [2.05, 4.69) is 10.6 Å². The van der Waals surface area contributed by atoms with E-state index in [9.17, 15) is 28.8 Å². The van der Waals surface area contributed by atoms with Crippen molar-refractivity contribution in [3.05, 3.63) is 0 Å². The van der Waals surface area contributed by atoms with E-state index in [1.807, 2.05) is 0 Å². The molecule has 10 nitrogen and oxygen atoms in total. The van der Waals surface area contributed by atoms with E-state index in [1.165, 1.54) is 27.7 Å². The van der Waals surface area contributed by atoms with E-state index in [0.29, 0.717) is 0 Å². The average Bonchev–Trinajstić information content (AvgIpc) is 2.46. The van der Waals surface area contributed by atoms with Crippen LogP contribution in [0.1, 0.15) is 53.4 Å². The van der Waals surface area contributed by atoms with E-state index in [-0.39, 0.29) is 43.2 Å². The van der Waals surface area contributed by atoms with E-state index in [1.54, 1.807) is 0 Å². The lowest BCUT2D eigenvalue weighted by atomic mass is 10.1. The first-order chi connectivity index (χ1) is 11.9. The number of rotatable bonds is 10. The lowest BCUT2D eigenvalue weighted by Gasteiger charge is -2.12. The molecular formula is C16H26N2O8. The first-order valence-electron chi connectivity index (χ1n) is 7.85. The predicted molar refractivity (Wildman–Crippen MR) is 90.3 cm³/mol. The van der Waals surface area contributed by atoms with Gasteiger partial charge in [-0.3, -0.25) is 19.2 Å². The molecule has 4 N–H and O–H groups in total. The third-order valence-corrected chi connectivity index (χ3v) is 2.98. The summed E-state index contributed by atoms with van der Waals surface area (Å²) in [7, 11) is 0. The molecule has 0 rings (SSSR count). The van der Waals surface area contributed by atoms with Crippen molar-refractivity contribution >= 4 is 35.3 Å². The van der Waals surface area contributed by atoms with Gasteiger partial charge in [0.25, 0.3) is 0 Å². The molecule has 0 aliphatic carbocycles. The Balaban J connectivity index is 0. The number of aliphatic carboxylic acids is 2. The zero-order valence-corrected chi connectivity index (χ0v) is 15.3. The summed E-state index contributed by atoms with van der Waals surface area (Å²) in [6, 6.07) is -1.63. The second-order valence-corrected chi connectivity index (χ2v) is 5.63. The molecule has 0 aromatic rings. The van der Waals surface area contributed by atoms with Gasteiger partial charge in [0.15, 0.2) is 5.78 Å². The number of Topliss-reactive ketones (excluding diaryl/α,β-unsaturated/α-hetero) is 2. The molecular weight excluding hydrogens is 348 g/mol. The average molecular weight is 374 g/mol. The molecule has 0 saturated carbocycles. The monoisotopic (exact) mass is 374 g/mol. The lowest BCUT2D eigenvalue weighted by Crippen LogP contribution is -2.39. The van der Waals surface area contributed by atoms with Crippen LogP contribution >= 0.6 is 0 Å². The van der Waals surface area contributed by atoms with Crippen LogP contribution in [0.15, 0.2) is 0 Å². The van der Waals surface area contributed by atoms with Crippen LogP contribution in [0.25, 0.3) is 0 Å². The molecule has 2 unspecified atom stereocenters. The molecule has 0 radical (unpaired) electrons. The Morgan fingerprint density at radius 1 is 0.731 bits per heavy atom. The summed E-state index contributed by atoms with van der Waals surface area (Å²) in [4.78, 5) is 63.3. The number of carboxylic acids is 2. The maximum absolute atomic E-state index is 10.9. The summed E-state index contributed by atoms with van der Waals surface area (Å²) in [6.07, 6.45) is 0.330. The second-order valence-electron chi connectivity index (χ2n) is 5.63. The molecule has 0 bridgehead atoms. The van der Waals surface area contributed by atoms with Gasteiger partial charge in [-0.15, -0.1) is 0 Å². The zero-order chi connectivity index (χ0) is 20.9. The second kappa shape index (κ2) is 13.5. The van der Waals surface area contributed by atoms with Crippen molar-refractivity contribution in [3.8, 4) is 0 Å². The molecule has 2 atom stereocenters. The highest BCUT2D eigenvalue weighted by atomic mass is 16.4. The fraction of sp³-hybridized carbons (Fsp3) is 0.625. The van der Waals surface area contributed by atoms with Gasteiger partial charge in [0, 0.05) is 26.7 Å². The molecule has 0 heterocycles. The minimum atomic E-state index is -1.11. The molecule has 0 aliphatic heterocycles. The summed E-state index contributed by atoms with van der Waals surface area (Å²) < 4.78 is 0. The van der Waals surface area contributed by atoms with Crippen LogP contribution in [0.2, 0.25) is 0 Å². The lowest BCUT2D eigenvalue weighted by molar-refractivity contribution is -0.142. The first kappa shape index (κ1) is 25.5. The molecule has 26 heavy (non-hydrogen) atoms. The quantitative estimate of drug-likeness (QED) is 0.411. The smallest absolute Gasteiger partial charge is 0.326 e. The molecule has 0 fully saturated rings. The van der Waals surface area contributed by atoms with E-state index in [4.69, 9.17) is 10.2 Å². The van der Waals surface area contributed by atoms with Gasteiger partial charge in [-0.1, -0.05) is 0 Å². The zero-order valence-electron chi connectivity index (χ0n) is 15.3. The number of nitrogens with one attached hydrogen (secondary N) is 2. The van der Waals surface area contributed by atoms with Gasteiger partial charge in [0.05, 0.1) is 6.04 Å². The van der Waals surface area contributed by atoms with Crippen molar-refractivity contribution < 1.29 is 39.0 Å². The Kier molecular flexibility index (Phi) is 13.2. The SMILES string of the molecule is CC(=O)CCC(NC(C)=O)C(=O)O.CC(=O)NC(CCC(=O)O)C(C)=O. The van der Waals surface area contributed by atoms with Gasteiger partial charge in [-0.2, -0.15) is 0 Å². The van der Waals surface area contributed by atoms with Crippen LogP contribution in [0.5, 0.6) is 0 Å². The highest BCUT2D eigenvalue weighted by molar-refractivity contribution is 5.87. The third kappa shape index (κ3) is 16.1. The molecule has 0 saturated heterocycles. The number of hydrogen-bond acceptors (Lipinski definition) is 6. The summed E-state index contributed by atoms with van der Waals surface area (Å²) in [6.45, 7) is 5.23. The largest absolute Gasteiger partial charge is 0.481 e. The van der Waals surface area contributed by atoms with Crippen molar-refractivity contribution in [2.45, 2.75) is 65.5 Å². The van der Waals surface area contributed by atoms with Crippen molar-refractivity contribution in [2.24, 2.45) is 0 Å². The van der Waals surface area contributed by atoms with Crippen molar-refractivity contribution in [1.29, 1.82) is 0 Å². The maximum atomic E-state index is 10.9. The van der Waals surface area contributed by atoms with Gasteiger partial charge in [-0.05, 0) is 26.7 Å². The Morgan fingerprint density at radius 3 is 1.46 bits per heavy atom. The Morgan fingerprint density at radius 2 is 1.15 bits per heavy atom. The predicted octanol–water partition coefficient (Wildman–Crippen LogP) is -0.110. The minimum Gasteiger partial charge on any atom is -0.481 e. The number of hydrogen-bond donors (Lipinski definition) is 4. The van der Waals surface area contributed by atoms with E-state index >= 15 is 0 Å². The fourth-order valence-electron chi connectivity index (χ4n) is 1.74. The molecule has 0 aliphatic rings. The molecule has 10 heteroatoms. The number of carboxylic acid groups (broad SMARTS) is 2. The fourth-order valence-corrected chi connectivity index (χ4v) is 1.74. The maximum Gasteiger partial charge on any atom is 0.326 e. The number of carbonyl (C=O) groups excluding carboxylic acids is 4. The molecule has 0 aromatic heterocycles. The number of carbonyl (C=O) groups is 6. The van der Waals surface area contributed by atoms with Crippen LogP contribution in [0.4, 0.5) is 0 Å². The van der Waals surface area contributed by atoms with Crippen LogP contribution in [0.3, 0.4) is 0 Å². The van der Waals surface area contributed by atoms with Gasteiger partial charge >= 0.3 is 11.9 Å². The highest BCUT2D eigenvalue weighted by Gasteiger charge is 2.18. The van der Waals surface area contributed by atoms with Crippen LogP contribution in [-0.2, 0) is 28.8 Å². The van der Waals surface area contributed by atoms with Gasteiger partial charge in [0.1, 0.15) is 11.8 Å². The third-order valence-electron chi connectivity index (χ3n) is 2.98. The number of ketones is 2. The summed E-state index contributed by atoms with van der Waals surface area (Å²) in [5, 5.41) is 21.6. The molecule has 2 amide bonds. The summed E-state index contributed by atoms with van der Waals surface area (Å²) in [5.41, 5.74) is 0. The normalized spacial score (nSPS) is 11.8. The van der Waals surface area contributed by atoms with Crippen LogP contribution in [-0.4, -0.2) is 57.6 Å². The van der Waals surface area contributed by atoms with Gasteiger partial charge < -0.3 is 25.6 Å². The Labute approximate surface area is 151 Å². The van der Waals surface area contributed by atoms with Crippen LogP contribution in [0, 0.1) is 0 Å². The molecule has 148 valence electrons. The van der Waals surface area contributed by atoms with Crippen molar-refractivity contribution in [2.75, 3.05) is 0 Å².